The van der Waals surface area contributed by atoms with E-state index in [9.17, 15) is 40.1 Å². The van der Waals surface area contributed by atoms with Crippen LogP contribution in [-0.2, 0) is 15.5 Å². The molecule has 14 heteroatoms. The Labute approximate surface area is 189 Å². The Hall–Kier alpha value is -3.42. The minimum Gasteiger partial charge on any atom is -0.461 e. The second-order valence-corrected chi connectivity index (χ2v) is 7.97. The molecule has 0 fully saturated rings. The quantitative estimate of drug-likeness (QED) is 0.353. The summed E-state index contributed by atoms with van der Waals surface area (Å²) in [5.41, 5.74) is -5.26. The highest BCUT2D eigenvalue weighted by Gasteiger charge is 2.32. The lowest BCUT2D eigenvalue weighted by Gasteiger charge is -2.15. The van der Waals surface area contributed by atoms with Gasteiger partial charge in [0, 0.05) is 0 Å². The van der Waals surface area contributed by atoms with Gasteiger partial charge in [-0.2, -0.15) is 5.10 Å². The topological polar surface area (TPSA) is 87.5 Å². The highest BCUT2D eigenvalue weighted by atomic mass is 32.2. The maximum absolute atomic E-state index is 13.9. The van der Waals surface area contributed by atoms with Crippen LogP contribution < -0.4 is 10.2 Å². The summed E-state index contributed by atoms with van der Waals surface area (Å²) in [6.45, 7) is 1.28. The number of hydrogen-bond acceptors (Lipinski definition) is 6. The Morgan fingerprint density at radius 3 is 2.32 bits per heavy atom. The fourth-order valence-corrected chi connectivity index (χ4v) is 3.98. The van der Waals surface area contributed by atoms with E-state index in [0.29, 0.717) is 0 Å². The molecular formula is C20H14F6N2O5S. The van der Waals surface area contributed by atoms with Crippen molar-refractivity contribution in [3.63, 3.8) is 0 Å². The SMILES string of the molecule is CCOC(=O)c1nn(-c2ccc(OC(F)(F)F)cc2)c2cccc(S(=O)C(F)C(F)F)c2c1=O. The number of esters is 1. The first-order valence-corrected chi connectivity index (χ1v) is 10.6. The molecule has 0 bridgehead atoms. The number of alkyl halides is 6. The molecule has 0 saturated carbocycles. The zero-order valence-corrected chi connectivity index (χ0v) is 17.8. The molecule has 2 unspecified atom stereocenters. The number of carbonyl (C=O) groups is 1. The van der Waals surface area contributed by atoms with E-state index in [1.807, 2.05) is 0 Å². The number of fused-ring (bicyclic) bond motifs is 1. The van der Waals surface area contributed by atoms with Crippen LogP contribution in [0.4, 0.5) is 26.3 Å². The van der Waals surface area contributed by atoms with Gasteiger partial charge in [0.25, 0.3) is 6.43 Å². The summed E-state index contributed by atoms with van der Waals surface area (Å²) in [5, 5.41) is 3.36. The molecule has 0 amide bonds. The number of carbonyl (C=O) groups excluding carboxylic acids is 1. The first-order valence-electron chi connectivity index (χ1n) is 9.36. The van der Waals surface area contributed by atoms with Gasteiger partial charge in [-0.25, -0.2) is 22.6 Å². The number of ether oxygens (including phenoxy) is 2. The van der Waals surface area contributed by atoms with E-state index < -0.39 is 62.2 Å². The fourth-order valence-electron chi connectivity index (χ4n) is 2.94. The van der Waals surface area contributed by atoms with E-state index in [2.05, 4.69) is 9.84 Å². The molecule has 0 aliphatic carbocycles. The fraction of sp³-hybridized carbons (Fsp3) is 0.250. The van der Waals surface area contributed by atoms with Crippen molar-refractivity contribution in [2.24, 2.45) is 0 Å². The number of nitrogens with zero attached hydrogens (tertiary/aromatic N) is 2. The standard InChI is InChI=1S/C20H14F6N2O5S/c1-2-32-19(30)15-16(29)14-12(4-3-5-13(14)34(31)18(23)17(21)22)28(27-15)10-6-8-11(9-7-10)33-20(24,25)26/h3-9,17-18H,2H2,1H3. The second kappa shape index (κ2) is 9.83. The summed E-state index contributed by atoms with van der Waals surface area (Å²) < 4.78 is 98.8. The van der Waals surface area contributed by atoms with E-state index in [1.165, 1.54) is 19.1 Å². The van der Waals surface area contributed by atoms with Crippen molar-refractivity contribution < 1.29 is 44.8 Å². The van der Waals surface area contributed by atoms with E-state index in [4.69, 9.17) is 4.74 Å². The average Bonchev–Trinajstić information content (AvgIpc) is 2.77. The Bertz CT molecular complexity index is 1290. The molecule has 182 valence electrons. The van der Waals surface area contributed by atoms with Crippen LogP contribution in [0.5, 0.6) is 5.75 Å². The number of halogens is 6. The van der Waals surface area contributed by atoms with E-state index in [0.717, 1.165) is 35.0 Å². The molecule has 7 nitrogen and oxygen atoms in total. The molecule has 0 N–H and O–H groups in total. The van der Waals surface area contributed by atoms with Gasteiger partial charge in [-0.05, 0) is 43.3 Å². The Kier molecular flexibility index (Phi) is 7.29. The lowest BCUT2D eigenvalue weighted by Crippen LogP contribution is -2.26. The number of benzene rings is 2. The van der Waals surface area contributed by atoms with Crippen molar-refractivity contribution in [1.29, 1.82) is 0 Å². The summed E-state index contributed by atoms with van der Waals surface area (Å²) in [5.74, 6) is -1.78. The third-order valence-electron chi connectivity index (χ3n) is 4.28. The predicted molar refractivity (Wildman–Crippen MR) is 107 cm³/mol. The predicted octanol–water partition coefficient (Wildman–Crippen LogP) is 4.13. The summed E-state index contributed by atoms with van der Waals surface area (Å²) in [4.78, 5) is 24.7. The molecule has 3 rings (SSSR count). The van der Waals surface area contributed by atoms with E-state index >= 15 is 0 Å². The van der Waals surface area contributed by atoms with Crippen molar-refractivity contribution >= 4 is 27.7 Å². The molecule has 0 saturated heterocycles. The minimum atomic E-state index is -4.95. The van der Waals surface area contributed by atoms with Gasteiger partial charge >= 0.3 is 12.3 Å². The molecule has 0 spiro atoms. The summed E-state index contributed by atoms with van der Waals surface area (Å²) in [6.07, 6.45) is -8.57. The summed E-state index contributed by atoms with van der Waals surface area (Å²) in [7, 11) is -3.00. The summed E-state index contributed by atoms with van der Waals surface area (Å²) in [6, 6.07) is 7.48. The maximum Gasteiger partial charge on any atom is 0.573 e. The molecular weight excluding hydrogens is 494 g/mol. The van der Waals surface area contributed by atoms with E-state index in [-0.39, 0.29) is 17.8 Å². The second-order valence-electron chi connectivity index (χ2n) is 6.49. The van der Waals surface area contributed by atoms with Crippen LogP contribution in [0.2, 0.25) is 0 Å². The number of aromatic nitrogens is 2. The third kappa shape index (κ3) is 5.21. The Morgan fingerprint density at radius 1 is 1.12 bits per heavy atom. The van der Waals surface area contributed by atoms with Crippen molar-refractivity contribution in [3.05, 3.63) is 58.4 Å². The normalized spacial score (nSPS) is 13.6. The monoisotopic (exact) mass is 508 g/mol. The number of hydrogen-bond donors (Lipinski definition) is 0. The zero-order valence-electron chi connectivity index (χ0n) is 17.0. The van der Waals surface area contributed by atoms with Crippen LogP contribution in [0.15, 0.2) is 52.2 Å². The van der Waals surface area contributed by atoms with Crippen molar-refractivity contribution in [2.45, 2.75) is 30.1 Å². The molecule has 1 aromatic heterocycles. The van der Waals surface area contributed by atoms with Crippen LogP contribution in [-0.4, -0.2) is 44.9 Å². The summed E-state index contributed by atoms with van der Waals surface area (Å²) >= 11 is 0. The average molecular weight is 508 g/mol. The molecule has 1 heterocycles. The highest BCUT2D eigenvalue weighted by Crippen LogP contribution is 2.27. The third-order valence-corrected chi connectivity index (χ3v) is 5.67. The zero-order chi connectivity index (χ0) is 25.2. The smallest absolute Gasteiger partial charge is 0.461 e. The number of rotatable bonds is 7. The van der Waals surface area contributed by atoms with Gasteiger partial charge in [0.15, 0.2) is 0 Å². The van der Waals surface area contributed by atoms with Gasteiger partial charge in [-0.15, -0.1) is 13.2 Å². The Balaban J connectivity index is 2.29. The molecule has 0 aliphatic rings. The lowest BCUT2D eigenvalue weighted by molar-refractivity contribution is -0.274. The first-order chi connectivity index (χ1) is 15.9. The van der Waals surface area contributed by atoms with Crippen LogP contribution in [0, 0.1) is 0 Å². The van der Waals surface area contributed by atoms with Crippen LogP contribution in [0.25, 0.3) is 16.6 Å². The van der Waals surface area contributed by atoms with Crippen LogP contribution >= 0.6 is 0 Å². The molecule has 0 aliphatic heterocycles. The van der Waals surface area contributed by atoms with Crippen molar-refractivity contribution in [2.75, 3.05) is 6.61 Å². The molecule has 2 atom stereocenters. The highest BCUT2D eigenvalue weighted by molar-refractivity contribution is 7.85. The molecule has 34 heavy (non-hydrogen) atoms. The Morgan fingerprint density at radius 2 is 1.76 bits per heavy atom. The van der Waals surface area contributed by atoms with Gasteiger partial charge in [0.2, 0.25) is 16.6 Å². The molecule has 2 aromatic carbocycles. The maximum atomic E-state index is 13.9. The van der Waals surface area contributed by atoms with Gasteiger partial charge in [-0.3, -0.25) is 9.00 Å². The van der Waals surface area contributed by atoms with Gasteiger partial charge in [0.1, 0.15) is 5.75 Å². The van der Waals surface area contributed by atoms with Crippen molar-refractivity contribution in [1.82, 2.24) is 9.78 Å². The van der Waals surface area contributed by atoms with E-state index in [1.54, 1.807) is 0 Å². The van der Waals surface area contributed by atoms with Crippen LogP contribution in [0.3, 0.4) is 0 Å². The lowest BCUT2D eigenvalue weighted by atomic mass is 10.2. The van der Waals surface area contributed by atoms with Crippen LogP contribution in [0.1, 0.15) is 17.4 Å². The molecule has 3 aromatic rings. The first kappa shape index (κ1) is 25.2. The van der Waals surface area contributed by atoms with Gasteiger partial charge < -0.3 is 9.47 Å². The van der Waals surface area contributed by atoms with Gasteiger partial charge in [0.05, 0.1) is 38.9 Å². The van der Waals surface area contributed by atoms with Crippen molar-refractivity contribution in [3.8, 4) is 11.4 Å². The van der Waals surface area contributed by atoms with Gasteiger partial charge in [-0.1, -0.05) is 6.07 Å². The minimum absolute atomic E-state index is 0.0127. The largest absolute Gasteiger partial charge is 0.573 e. The molecule has 0 radical (unpaired) electrons.